The minimum atomic E-state index is 0.614. The number of halogens is 1. The molecule has 0 spiro atoms. The lowest BCUT2D eigenvalue weighted by Gasteiger charge is -2.03. The normalized spacial score (nSPS) is 11.2. The van der Waals surface area contributed by atoms with E-state index in [0.717, 1.165) is 22.4 Å². The number of benzene rings is 2. The minimum absolute atomic E-state index is 0.614. The van der Waals surface area contributed by atoms with Gasteiger partial charge in [-0.1, -0.05) is 29.8 Å². The monoisotopic (exact) mass is 280 g/mol. The highest BCUT2D eigenvalue weighted by Crippen LogP contribution is 2.21. The molecule has 4 nitrogen and oxygen atoms in total. The Balaban J connectivity index is 2.03. The van der Waals surface area contributed by atoms with E-state index in [9.17, 15) is 0 Å². The number of rotatable bonds is 1. The Morgan fingerprint density at radius 3 is 2.60 bits per heavy atom. The van der Waals surface area contributed by atoms with Crippen LogP contribution >= 0.6 is 11.6 Å². The first-order chi connectivity index (χ1) is 9.81. The molecule has 0 unspecified atom stereocenters. The summed E-state index contributed by atoms with van der Waals surface area (Å²) in [4.78, 5) is 13.5. The van der Waals surface area contributed by atoms with Crippen molar-refractivity contribution in [2.45, 2.75) is 0 Å². The number of hydrogen-bond acceptors (Lipinski definition) is 3. The van der Waals surface area contributed by atoms with E-state index in [-0.39, 0.29) is 0 Å². The molecule has 4 rings (SSSR count). The van der Waals surface area contributed by atoms with E-state index in [1.54, 1.807) is 12.4 Å². The van der Waals surface area contributed by atoms with Gasteiger partial charge in [-0.05, 0) is 30.3 Å². The molecule has 96 valence electrons. The lowest BCUT2D eigenvalue weighted by Crippen LogP contribution is -1.94. The predicted octanol–water partition coefficient (Wildman–Crippen LogP) is 3.62. The van der Waals surface area contributed by atoms with Crippen LogP contribution in [0.3, 0.4) is 0 Å². The third-order valence-electron chi connectivity index (χ3n) is 3.15. The van der Waals surface area contributed by atoms with Crippen molar-refractivity contribution in [1.29, 1.82) is 0 Å². The number of nitrogens with zero attached hydrogens (tertiary/aromatic N) is 4. The molecule has 0 bridgehead atoms. The van der Waals surface area contributed by atoms with E-state index in [1.807, 2.05) is 47.0 Å². The first-order valence-electron chi connectivity index (χ1n) is 6.17. The number of fused-ring (bicyclic) bond motifs is 2. The molecule has 5 heteroatoms. The van der Waals surface area contributed by atoms with Crippen LogP contribution in [-0.2, 0) is 0 Å². The van der Waals surface area contributed by atoms with Crippen molar-refractivity contribution in [2.24, 2.45) is 0 Å². The standard InChI is InChI=1S/C15H9ClN4/c16-10-6-7-12-13(8-10)18-14-15(19-12)20(9-17-14)11-4-2-1-3-5-11/h1-9H. The second kappa shape index (κ2) is 4.28. The fourth-order valence-electron chi connectivity index (χ4n) is 2.20. The van der Waals surface area contributed by atoms with Crippen molar-refractivity contribution in [3.05, 3.63) is 59.9 Å². The molecule has 0 saturated carbocycles. The largest absolute Gasteiger partial charge is 0.282 e. The van der Waals surface area contributed by atoms with Crippen molar-refractivity contribution in [3.8, 4) is 5.69 Å². The van der Waals surface area contributed by atoms with E-state index >= 15 is 0 Å². The van der Waals surface area contributed by atoms with Gasteiger partial charge in [-0.3, -0.25) is 4.57 Å². The Hall–Kier alpha value is -2.46. The molecule has 0 aliphatic carbocycles. The highest BCUT2D eigenvalue weighted by atomic mass is 35.5. The average molecular weight is 281 g/mol. The summed E-state index contributed by atoms with van der Waals surface area (Å²) in [5, 5.41) is 0.647. The van der Waals surface area contributed by atoms with Crippen LogP contribution in [0.15, 0.2) is 54.9 Å². The van der Waals surface area contributed by atoms with Gasteiger partial charge in [0.05, 0.1) is 11.0 Å². The van der Waals surface area contributed by atoms with Crippen LogP contribution in [0.4, 0.5) is 0 Å². The van der Waals surface area contributed by atoms with E-state index < -0.39 is 0 Å². The summed E-state index contributed by atoms with van der Waals surface area (Å²) in [5.41, 5.74) is 3.93. The highest BCUT2D eigenvalue weighted by Gasteiger charge is 2.09. The second-order valence-electron chi connectivity index (χ2n) is 4.45. The second-order valence-corrected chi connectivity index (χ2v) is 4.89. The molecule has 2 heterocycles. The molecule has 0 radical (unpaired) electrons. The van der Waals surface area contributed by atoms with Gasteiger partial charge in [0, 0.05) is 10.7 Å². The summed E-state index contributed by atoms with van der Waals surface area (Å²) in [6, 6.07) is 15.4. The highest BCUT2D eigenvalue weighted by molar-refractivity contribution is 6.31. The summed E-state index contributed by atoms with van der Waals surface area (Å²) >= 11 is 5.98. The number of aromatic nitrogens is 4. The van der Waals surface area contributed by atoms with Crippen LogP contribution in [-0.4, -0.2) is 19.5 Å². The van der Waals surface area contributed by atoms with Crippen LogP contribution < -0.4 is 0 Å². The SMILES string of the molecule is Clc1ccc2nc3c(ncn3-c3ccccc3)nc2c1. The molecule has 0 amide bonds. The molecular weight excluding hydrogens is 272 g/mol. The van der Waals surface area contributed by atoms with Gasteiger partial charge in [0.2, 0.25) is 0 Å². The van der Waals surface area contributed by atoms with Crippen molar-refractivity contribution >= 4 is 33.9 Å². The Labute approximate surface area is 119 Å². The van der Waals surface area contributed by atoms with Crippen molar-refractivity contribution in [1.82, 2.24) is 19.5 Å². The van der Waals surface area contributed by atoms with Crippen LogP contribution in [0.2, 0.25) is 5.02 Å². The van der Waals surface area contributed by atoms with Crippen molar-refractivity contribution in [3.63, 3.8) is 0 Å². The van der Waals surface area contributed by atoms with Crippen LogP contribution in [0.25, 0.3) is 28.0 Å². The zero-order valence-corrected chi connectivity index (χ0v) is 11.1. The average Bonchev–Trinajstić information content (AvgIpc) is 2.88. The first-order valence-corrected chi connectivity index (χ1v) is 6.55. The molecule has 2 aromatic carbocycles. The van der Waals surface area contributed by atoms with Crippen LogP contribution in [0.1, 0.15) is 0 Å². The smallest absolute Gasteiger partial charge is 0.198 e. The summed E-state index contributed by atoms with van der Waals surface area (Å²) in [6.07, 6.45) is 1.74. The number of imidazole rings is 1. The lowest BCUT2D eigenvalue weighted by molar-refractivity contribution is 1.07. The molecular formula is C15H9ClN4. The zero-order chi connectivity index (χ0) is 13.5. The Kier molecular flexibility index (Phi) is 2.44. The maximum atomic E-state index is 5.98. The van der Waals surface area contributed by atoms with Gasteiger partial charge in [-0.15, -0.1) is 0 Å². The van der Waals surface area contributed by atoms with E-state index in [4.69, 9.17) is 11.6 Å². The molecule has 0 N–H and O–H groups in total. The van der Waals surface area contributed by atoms with Gasteiger partial charge in [0.25, 0.3) is 0 Å². The summed E-state index contributed by atoms with van der Waals surface area (Å²) in [5.74, 6) is 0. The molecule has 20 heavy (non-hydrogen) atoms. The van der Waals surface area contributed by atoms with Crippen LogP contribution in [0.5, 0.6) is 0 Å². The quantitative estimate of drug-likeness (QED) is 0.535. The van der Waals surface area contributed by atoms with Gasteiger partial charge >= 0.3 is 0 Å². The van der Waals surface area contributed by atoms with Crippen molar-refractivity contribution < 1.29 is 0 Å². The number of para-hydroxylation sites is 1. The van der Waals surface area contributed by atoms with Crippen molar-refractivity contribution in [2.75, 3.05) is 0 Å². The Bertz CT molecular complexity index is 915. The molecule has 0 aliphatic rings. The van der Waals surface area contributed by atoms with E-state index in [0.29, 0.717) is 10.7 Å². The third kappa shape index (κ3) is 1.73. The Morgan fingerprint density at radius 1 is 0.900 bits per heavy atom. The number of hydrogen-bond donors (Lipinski definition) is 0. The van der Waals surface area contributed by atoms with Gasteiger partial charge < -0.3 is 0 Å². The molecule has 0 saturated heterocycles. The van der Waals surface area contributed by atoms with Crippen LogP contribution in [0, 0.1) is 0 Å². The zero-order valence-electron chi connectivity index (χ0n) is 10.4. The summed E-state index contributed by atoms with van der Waals surface area (Å²) in [7, 11) is 0. The molecule has 4 aromatic rings. The fraction of sp³-hybridized carbons (Fsp3) is 0. The summed E-state index contributed by atoms with van der Waals surface area (Å²) in [6.45, 7) is 0. The fourth-order valence-corrected chi connectivity index (χ4v) is 2.37. The maximum Gasteiger partial charge on any atom is 0.198 e. The molecule has 0 fully saturated rings. The molecule has 0 atom stereocenters. The topological polar surface area (TPSA) is 43.6 Å². The van der Waals surface area contributed by atoms with Gasteiger partial charge in [0.1, 0.15) is 6.33 Å². The maximum absolute atomic E-state index is 5.98. The third-order valence-corrected chi connectivity index (χ3v) is 3.38. The lowest BCUT2D eigenvalue weighted by atomic mass is 10.3. The van der Waals surface area contributed by atoms with Gasteiger partial charge in [-0.2, -0.15) is 0 Å². The minimum Gasteiger partial charge on any atom is -0.282 e. The van der Waals surface area contributed by atoms with E-state index in [2.05, 4.69) is 15.0 Å². The first kappa shape index (κ1) is 11.4. The Morgan fingerprint density at radius 2 is 1.75 bits per heavy atom. The molecule has 2 aromatic heterocycles. The summed E-state index contributed by atoms with van der Waals surface area (Å²) < 4.78 is 1.93. The predicted molar refractivity (Wildman–Crippen MR) is 79.2 cm³/mol. The van der Waals surface area contributed by atoms with Gasteiger partial charge in [0.15, 0.2) is 11.3 Å². The van der Waals surface area contributed by atoms with E-state index in [1.165, 1.54) is 0 Å². The van der Waals surface area contributed by atoms with Gasteiger partial charge in [-0.25, -0.2) is 15.0 Å². The molecule has 0 aliphatic heterocycles.